The third-order valence-corrected chi connectivity index (χ3v) is 2.56. The minimum Gasteiger partial charge on any atom is -0.339 e. The first kappa shape index (κ1) is 10.8. The first-order chi connectivity index (χ1) is 6.66. The number of carbonyl (C=O) groups is 1. The number of nitrogens with zero attached hydrogens (tertiary/aromatic N) is 1. The average Bonchev–Trinajstić information content (AvgIpc) is 2.27. The molecular formula is C12H17NO. The Bertz CT molecular complexity index is 294. The fraction of sp³-hybridized carbons (Fsp3) is 0.417. The lowest BCUT2D eigenvalue weighted by Gasteiger charge is -2.24. The molecule has 0 heterocycles. The van der Waals surface area contributed by atoms with Crippen molar-refractivity contribution in [1.29, 1.82) is 0 Å². The third-order valence-electron chi connectivity index (χ3n) is 2.56. The summed E-state index contributed by atoms with van der Waals surface area (Å²) < 4.78 is 0. The Hall–Kier alpha value is -1.31. The van der Waals surface area contributed by atoms with E-state index in [0.717, 1.165) is 0 Å². The number of carbonyl (C=O) groups excluding carboxylic acids is 1. The number of hydrogen-bond donors (Lipinski definition) is 0. The topological polar surface area (TPSA) is 20.3 Å². The van der Waals surface area contributed by atoms with E-state index in [4.69, 9.17) is 0 Å². The molecule has 76 valence electrons. The van der Waals surface area contributed by atoms with E-state index in [2.05, 4.69) is 0 Å². The second-order valence-electron chi connectivity index (χ2n) is 3.44. The van der Waals surface area contributed by atoms with E-state index in [9.17, 15) is 4.79 Å². The van der Waals surface area contributed by atoms with Crippen LogP contribution in [0.25, 0.3) is 0 Å². The van der Waals surface area contributed by atoms with Crippen LogP contribution in [0.5, 0.6) is 0 Å². The summed E-state index contributed by atoms with van der Waals surface area (Å²) in [5, 5.41) is 0. The first-order valence-electron chi connectivity index (χ1n) is 4.97. The number of rotatable bonds is 3. The summed E-state index contributed by atoms with van der Waals surface area (Å²) >= 11 is 0. The van der Waals surface area contributed by atoms with Gasteiger partial charge in [-0.1, -0.05) is 37.3 Å². The summed E-state index contributed by atoms with van der Waals surface area (Å²) in [7, 11) is 1.85. The predicted octanol–water partition coefficient (Wildman–Crippen LogP) is 2.62. The zero-order chi connectivity index (χ0) is 10.6. The van der Waals surface area contributed by atoms with Crippen LogP contribution in [-0.4, -0.2) is 17.9 Å². The molecule has 0 N–H and O–H groups in total. The highest BCUT2D eigenvalue weighted by Gasteiger charge is 2.14. The molecule has 1 unspecified atom stereocenters. The standard InChI is InChI=1S/C12H17NO/c1-4-12(14)13(3)10(2)11-8-6-5-7-9-11/h5-10H,4H2,1-3H3. The van der Waals surface area contributed by atoms with Crippen LogP contribution in [0.2, 0.25) is 0 Å². The zero-order valence-corrected chi connectivity index (χ0v) is 9.03. The molecule has 1 aromatic carbocycles. The van der Waals surface area contributed by atoms with E-state index in [0.29, 0.717) is 6.42 Å². The van der Waals surface area contributed by atoms with Gasteiger partial charge >= 0.3 is 0 Å². The Labute approximate surface area is 85.5 Å². The van der Waals surface area contributed by atoms with E-state index in [1.807, 2.05) is 51.2 Å². The Balaban J connectivity index is 2.75. The van der Waals surface area contributed by atoms with Crippen molar-refractivity contribution in [2.45, 2.75) is 26.3 Å². The van der Waals surface area contributed by atoms with Crippen molar-refractivity contribution < 1.29 is 4.79 Å². The molecule has 0 aliphatic rings. The van der Waals surface area contributed by atoms with E-state index >= 15 is 0 Å². The lowest BCUT2D eigenvalue weighted by Crippen LogP contribution is -2.28. The molecule has 1 aromatic rings. The highest BCUT2D eigenvalue weighted by atomic mass is 16.2. The van der Waals surface area contributed by atoms with Crippen molar-refractivity contribution in [3.05, 3.63) is 35.9 Å². The van der Waals surface area contributed by atoms with Gasteiger partial charge in [-0.05, 0) is 12.5 Å². The van der Waals surface area contributed by atoms with E-state index in [1.165, 1.54) is 5.56 Å². The molecular weight excluding hydrogens is 174 g/mol. The largest absolute Gasteiger partial charge is 0.339 e. The second-order valence-corrected chi connectivity index (χ2v) is 3.44. The molecule has 0 radical (unpaired) electrons. The van der Waals surface area contributed by atoms with Gasteiger partial charge in [0.1, 0.15) is 0 Å². The van der Waals surface area contributed by atoms with Crippen molar-refractivity contribution in [1.82, 2.24) is 4.90 Å². The van der Waals surface area contributed by atoms with Crippen molar-refractivity contribution in [3.63, 3.8) is 0 Å². The van der Waals surface area contributed by atoms with Gasteiger partial charge in [-0.3, -0.25) is 4.79 Å². The molecule has 0 aliphatic heterocycles. The maximum absolute atomic E-state index is 11.5. The van der Waals surface area contributed by atoms with Crippen LogP contribution >= 0.6 is 0 Å². The average molecular weight is 191 g/mol. The van der Waals surface area contributed by atoms with Gasteiger partial charge < -0.3 is 4.90 Å². The van der Waals surface area contributed by atoms with Crippen molar-refractivity contribution >= 4 is 5.91 Å². The SMILES string of the molecule is CCC(=O)N(C)C(C)c1ccccc1. The van der Waals surface area contributed by atoms with Gasteiger partial charge in [-0.15, -0.1) is 0 Å². The van der Waals surface area contributed by atoms with E-state index in [-0.39, 0.29) is 11.9 Å². The van der Waals surface area contributed by atoms with E-state index in [1.54, 1.807) is 4.90 Å². The Morgan fingerprint density at radius 2 is 1.93 bits per heavy atom. The van der Waals surface area contributed by atoms with Gasteiger partial charge in [0.2, 0.25) is 5.91 Å². The molecule has 0 fully saturated rings. The molecule has 1 rings (SSSR count). The summed E-state index contributed by atoms with van der Waals surface area (Å²) in [6.07, 6.45) is 0.563. The Kier molecular flexibility index (Phi) is 3.69. The quantitative estimate of drug-likeness (QED) is 0.719. The van der Waals surface area contributed by atoms with Crippen LogP contribution in [0.1, 0.15) is 31.9 Å². The number of amides is 1. The van der Waals surface area contributed by atoms with Gasteiger partial charge in [0.05, 0.1) is 6.04 Å². The zero-order valence-electron chi connectivity index (χ0n) is 9.03. The van der Waals surface area contributed by atoms with Crippen molar-refractivity contribution in [2.75, 3.05) is 7.05 Å². The van der Waals surface area contributed by atoms with Gasteiger partial charge in [0, 0.05) is 13.5 Å². The molecule has 14 heavy (non-hydrogen) atoms. The smallest absolute Gasteiger partial charge is 0.222 e. The van der Waals surface area contributed by atoms with Crippen LogP contribution < -0.4 is 0 Å². The van der Waals surface area contributed by atoms with Gasteiger partial charge in [-0.25, -0.2) is 0 Å². The summed E-state index contributed by atoms with van der Waals surface area (Å²) in [5.41, 5.74) is 1.18. The molecule has 0 spiro atoms. The molecule has 0 aromatic heterocycles. The highest BCUT2D eigenvalue weighted by Crippen LogP contribution is 2.18. The Morgan fingerprint density at radius 1 is 1.36 bits per heavy atom. The first-order valence-corrected chi connectivity index (χ1v) is 4.97. The lowest BCUT2D eigenvalue weighted by molar-refractivity contribution is -0.131. The summed E-state index contributed by atoms with van der Waals surface area (Å²) in [6.45, 7) is 3.93. The molecule has 1 amide bonds. The number of benzene rings is 1. The predicted molar refractivity (Wildman–Crippen MR) is 57.9 cm³/mol. The van der Waals surface area contributed by atoms with Crippen molar-refractivity contribution in [3.8, 4) is 0 Å². The van der Waals surface area contributed by atoms with Crippen LogP contribution in [0.3, 0.4) is 0 Å². The highest BCUT2D eigenvalue weighted by molar-refractivity contribution is 5.75. The van der Waals surface area contributed by atoms with Gasteiger partial charge in [0.25, 0.3) is 0 Å². The molecule has 1 atom stereocenters. The van der Waals surface area contributed by atoms with Crippen LogP contribution in [0, 0.1) is 0 Å². The van der Waals surface area contributed by atoms with Gasteiger partial charge in [-0.2, -0.15) is 0 Å². The summed E-state index contributed by atoms with van der Waals surface area (Å²) in [4.78, 5) is 13.2. The van der Waals surface area contributed by atoms with E-state index < -0.39 is 0 Å². The fourth-order valence-electron chi connectivity index (χ4n) is 1.42. The third kappa shape index (κ3) is 2.34. The van der Waals surface area contributed by atoms with Crippen molar-refractivity contribution in [2.24, 2.45) is 0 Å². The minimum absolute atomic E-state index is 0.156. The molecule has 0 saturated heterocycles. The maximum atomic E-state index is 11.5. The summed E-state index contributed by atoms with van der Waals surface area (Å²) in [6, 6.07) is 10.2. The van der Waals surface area contributed by atoms with Crippen LogP contribution in [-0.2, 0) is 4.79 Å². The molecule has 0 saturated carbocycles. The van der Waals surface area contributed by atoms with Gasteiger partial charge in [0.15, 0.2) is 0 Å². The monoisotopic (exact) mass is 191 g/mol. The minimum atomic E-state index is 0.156. The number of hydrogen-bond acceptors (Lipinski definition) is 1. The molecule has 0 bridgehead atoms. The normalized spacial score (nSPS) is 12.2. The Morgan fingerprint density at radius 3 is 2.43 bits per heavy atom. The van der Waals surface area contributed by atoms with Crippen LogP contribution in [0.15, 0.2) is 30.3 Å². The lowest BCUT2D eigenvalue weighted by atomic mass is 10.1. The summed E-state index contributed by atoms with van der Waals surface area (Å²) in [5.74, 6) is 0.182. The molecule has 2 heteroatoms. The second kappa shape index (κ2) is 4.80. The fourth-order valence-corrected chi connectivity index (χ4v) is 1.42. The molecule has 0 aliphatic carbocycles. The maximum Gasteiger partial charge on any atom is 0.222 e. The molecule has 2 nitrogen and oxygen atoms in total. The van der Waals surface area contributed by atoms with Crippen LogP contribution in [0.4, 0.5) is 0 Å².